The van der Waals surface area contributed by atoms with Crippen LogP contribution in [0.5, 0.6) is 11.5 Å². The van der Waals surface area contributed by atoms with Crippen LogP contribution in [-0.4, -0.2) is 66.3 Å². The van der Waals surface area contributed by atoms with Crippen LogP contribution in [0.4, 0.5) is 4.79 Å². The second-order valence-corrected chi connectivity index (χ2v) is 11.3. The summed E-state index contributed by atoms with van der Waals surface area (Å²) in [5, 5.41) is 5.91. The number of hydrogen-bond donors (Lipinski definition) is 2. The molecule has 4 saturated carbocycles. The lowest BCUT2D eigenvalue weighted by Gasteiger charge is -2.56. The van der Waals surface area contributed by atoms with E-state index in [-0.39, 0.29) is 30.3 Å². The van der Waals surface area contributed by atoms with Gasteiger partial charge in [-0.15, -0.1) is 0 Å². The van der Waals surface area contributed by atoms with E-state index in [1.807, 2.05) is 19.1 Å². The predicted molar refractivity (Wildman–Crippen MR) is 126 cm³/mol. The number of benzene rings is 1. The number of nitrogens with zero attached hydrogens (tertiary/aromatic N) is 2. The SMILES string of the molecule is CC(C(=O)NC(=O)NC12CC3CC(CC(C3)C1)C2)N1CCN(Cc2ccc3c(c2)OCO3)CC1. The fourth-order valence-electron chi connectivity index (χ4n) is 7.52. The number of ether oxygens (including phenoxy) is 2. The third-order valence-electron chi connectivity index (χ3n) is 8.83. The van der Waals surface area contributed by atoms with Gasteiger partial charge in [-0.05, 0) is 80.9 Å². The molecule has 7 rings (SSSR count). The minimum Gasteiger partial charge on any atom is -0.454 e. The highest BCUT2D eigenvalue weighted by molar-refractivity contribution is 5.97. The molecular formula is C26H36N4O4. The maximum atomic E-state index is 12.9. The van der Waals surface area contributed by atoms with E-state index in [0.29, 0.717) is 0 Å². The van der Waals surface area contributed by atoms with Crippen molar-refractivity contribution in [3.8, 4) is 11.5 Å². The Kier molecular flexibility index (Phi) is 5.68. The smallest absolute Gasteiger partial charge is 0.321 e. The van der Waals surface area contributed by atoms with Crippen LogP contribution >= 0.6 is 0 Å². The van der Waals surface area contributed by atoms with Crippen molar-refractivity contribution in [3.63, 3.8) is 0 Å². The third-order valence-corrected chi connectivity index (χ3v) is 8.83. The minimum absolute atomic E-state index is 0.0807. The van der Waals surface area contributed by atoms with Crippen molar-refractivity contribution in [1.29, 1.82) is 0 Å². The van der Waals surface area contributed by atoms with Gasteiger partial charge in [0.25, 0.3) is 0 Å². The lowest BCUT2D eigenvalue weighted by atomic mass is 9.53. The maximum absolute atomic E-state index is 12.9. The zero-order valence-electron chi connectivity index (χ0n) is 20.1. The molecule has 4 bridgehead atoms. The molecule has 8 nitrogen and oxygen atoms in total. The molecule has 2 N–H and O–H groups in total. The number of imide groups is 1. The van der Waals surface area contributed by atoms with Gasteiger partial charge in [0.2, 0.25) is 12.7 Å². The number of rotatable bonds is 5. The Bertz CT molecular complexity index is 923. The number of hydrogen-bond acceptors (Lipinski definition) is 6. The normalized spacial score (nSPS) is 33.0. The van der Waals surface area contributed by atoms with Crippen molar-refractivity contribution in [2.45, 2.75) is 63.6 Å². The molecule has 34 heavy (non-hydrogen) atoms. The summed E-state index contributed by atoms with van der Waals surface area (Å²) in [6.45, 7) is 6.40. The van der Waals surface area contributed by atoms with Crippen LogP contribution in [0.15, 0.2) is 18.2 Å². The molecule has 1 unspecified atom stereocenters. The maximum Gasteiger partial charge on any atom is 0.321 e. The van der Waals surface area contributed by atoms with E-state index < -0.39 is 0 Å². The van der Waals surface area contributed by atoms with Crippen molar-refractivity contribution < 1.29 is 19.1 Å². The summed E-state index contributed by atoms with van der Waals surface area (Å²) in [5.74, 6) is 3.70. The Balaban J connectivity index is 0.972. The van der Waals surface area contributed by atoms with Gasteiger partial charge in [-0.3, -0.25) is 19.9 Å². The lowest BCUT2D eigenvalue weighted by molar-refractivity contribution is -0.125. The molecular weight excluding hydrogens is 432 g/mol. The van der Waals surface area contributed by atoms with Gasteiger partial charge in [0, 0.05) is 38.3 Å². The van der Waals surface area contributed by atoms with Crippen LogP contribution in [0, 0.1) is 17.8 Å². The van der Waals surface area contributed by atoms with Crippen LogP contribution in [0.2, 0.25) is 0 Å². The molecule has 0 aromatic heterocycles. The number of amides is 3. The first kappa shape index (κ1) is 22.2. The van der Waals surface area contributed by atoms with Crippen molar-refractivity contribution >= 4 is 11.9 Å². The Labute approximate surface area is 201 Å². The van der Waals surface area contributed by atoms with Crippen molar-refractivity contribution in [3.05, 3.63) is 23.8 Å². The molecule has 0 spiro atoms. The van der Waals surface area contributed by atoms with Crippen LogP contribution < -0.4 is 20.1 Å². The molecule has 8 heteroatoms. The van der Waals surface area contributed by atoms with E-state index >= 15 is 0 Å². The first-order valence-corrected chi connectivity index (χ1v) is 12.9. The zero-order valence-corrected chi connectivity index (χ0v) is 20.1. The van der Waals surface area contributed by atoms with Gasteiger partial charge in [-0.25, -0.2) is 4.79 Å². The van der Waals surface area contributed by atoms with Crippen molar-refractivity contribution in [2.24, 2.45) is 17.8 Å². The minimum atomic E-state index is -0.324. The molecule has 2 heterocycles. The topological polar surface area (TPSA) is 83.1 Å². The summed E-state index contributed by atoms with van der Waals surface area (Å²) in [7, 11) is 0. The molecule has 1 aromatic rings. The third kappa shape index (κ3) is 4.38. The Morgan fingerprint density at radius 3 is 2.32 bits per heavy atom. The van der Waals surface area contributed by atoms with Crippen LogP contribution in [-0.2, 0) is 11.3 Å². The van der Waals surface area contributed by atoms with Gasteiger partial charge in [0.1, 0.15) is 0 Å². The molecule has 3 amide bonds. The summed E-state index contributed by atoms with van der Waals surface area (Å²) >= 11 is 0. The van der Waals surface area contributed by atoms with E-state index in [1.54, 1.807) is 0 Å². The first-order valence-electron chi connectivity index (χ1n) is 12.9. The number of fused-ring (bicyclic) bond motifs is 1. The van der Waals surface area contributed by atoms with Gasteiger partial charge in [-0.2, -0.15) is 0 Å². The Morgan fingerprint density at radius 2 is 1.65 bits per heavy atom. The molecule has 1 saturated heterocycles. The van der Waals surface area contributed by atoms with Crippen molar-refractivity contribution in [2.75, 3.05) is 33.0 Å². The lowest BCUT2D eigenvalue weighted by Crippen LogP contribution is -2.63. The fourth-order valence-corrected chi connectivity index (χ4v) is 7.52. The first-order chi connectivity index (χ1) is 16.4. The van der Waals surface area contributed by atoms with E-state index in [9.17, 15) is 9.59 Å². The van der Waals surface area contributed by atoms with Crippen LogP contribution in [0.3, 0.4) is 0 Å². The van der Waals surface area contributed by atoms with Gasteiger partial charge in [0.05, 0.1) is 6.04 Å². The summed E-state index contributed by atoms with van der Waals surface area (Å²) in [5.41, 5.74) is 1.12. The standard InChI is InChI=1S/C26H36N4O4/c1-17(24(31)27-25(32)28-26-12-19-8-20(13-26)10-21(9-19)14-26)30-6-4-29(5-7-30)15-18-2-3-22-23(11-18)34-16-33-22/h2-3,11,17,19-21H,4-10,12-16H2,1H3,(H2,27,28,31,32). The summed E-state index contributed by atoms with van der Waals surface area (Å²) in [4.78, 5) is 30.2. The highest BCUT2D eigenvalue weighted by atomic mass is 16.7. The Morgan fingerprint density at radius 1 is 1.00 bits per heavy atom. The predicted octanol–water partition coefficient (Wildman–Crippen LogP) is 2.72. The fraction of sp³-hybridized carbons (Fsp3) is 0.692. The van der Waals surface area contributed by atoms with E-state index in [1.165, 1.54) is 24.8 Å². The molecule has 1 atom stereocenters. The molecule has 1 aromatic carbocycles. The second-order valence-electron chi connectivity index (χ2n) is 11.3. The average molecular weight is 469 g/mol. The number of urea groups is 1. The van der Waals surface area contributed by atoms with Gasteiger partial charge in [-0.1, -0.05) is 6.07 Å². The molecule has 6 aliphatic rings. The van der Waals surface area contributed by atoms with Crippen LogP contribution in [0.25, 0.3) is 0 Å². The van der Waals surface area contributed by atoms with Crippen LogP contribution in [0.1, 0.15) is 51.0 Å². The van der Waals surface area contributed by atoms with E-state index in [2.05, 4.69) is 26.5 Å². The summed E-state index contributed by atoms with van der Waals surface area (Å²) < 4.78 is 10.9. The highest BCUT2D eigenvalue weighted by Gasteiger charge is 2.51. The Hall–Kier alpha value is -2.32. The van der Waals surface area contributed by atoms with E-state index in [0.717, 1.165) is 81.2 Å². The molecule has 5 fully saturated rings. The summed E-state index contributed by atoms with van der Waals surface area (Å²) in [6, 6.07) is 5.47. The largest absolute Gasteiger partial charge is 0.454 e. The molecule has 2 aliphatic heterocycles. The van der Waals surface area contributed by atoms with Gasteiger partial charge in [0.15, 0.2) is 11.5 Å². The quantitative estimate of drug-likeness (QED) is 0.692. The highest BCUT2D eigenvalue weighted by Crippen LogP contribution is 2.55. The van der Waals surface area contributed by atoms with Gasteiger partial charge >= 0.3 is 6.03 Å². The van der Waals surface area contributed by atoms with E-state index in [4.69, 9.17) is 9.47 Å². The monoisotopic (exact) mass is 468 g/mol. The molecule has 4 aliphatic carbocycles. The van der Waals surface area contributed by atoms with Gasteiger partial charge < -0.3 is 14.8 Å². The zero-order chi connectivity index (χ0) is 23.3. The van der Waals surface area contributed by atoms with Crippen molar-refractivity contribution in [1.82, 2.24) is 20.4 Å². The molecule has 0 radical (unpaired) electrons. The average Bonchev–Trinajstić information content (AvgIpc) is 3.25. The molecule has 184 valence electrons. The number of carbonyl (C=O) groups excluding carboxylic acids is 2. The number of carbonyl (C=O) groups is 2. The summed E-state index contributed by atoms with van der Waals surface area (Å²) in [6.07, 6.45) is 7.25. The second kappa shape index (κ2) is 8.72. The number of piperazine rings is 1. The number of nitrogens with one attached hydrogen (secondary N) is 2.